The van der Waals surface area contributed by atoms with E-state index < -0.39 is 0 Å². The van der Waals surface area contributed by atoms with E-state index in [9.17, 15) is 9.59 Å². The van der Waals surface area contributed by atoms with E-state index in [1.54, 1.807) is 6.92 Å². The Bertz CT molecular complexity index is 724. The van der Waals surface area contributed by atoms with Gasteiger partial charge < -0.3 is 9.47 Å². The normalized spacial score (nSPS) is 15.3. The molecule has 0 bridgehead atoms. The number of amides is 1. The second-order valence-corrected chi connectivity index (χ2v) is 6.06. The number of hydrogen-bond donors (Lipinski definition) is 0. The number of fused-ring (bicyclic) bond motifs is 1. The highest BCUT2D eigenvalue weighted by atomic mass is 16.2. The summed E-state index contributed by atoms with van der Waals surface area (Å²) in [5.74, 6) is 0.205. The molecule has 0 aliphatic carbocycles. The van der Waals surface area contributed by atoms with Crippen molar-refractivity contribution in [2.45, 2.75) is 39.7 Å². The van der Waals surface area contributed by atoms with E-state index in [1.807, 2.05) is 40.7 Å². The number of carbonyl (C=O) groups is 2. The van der Waals surface area contributed by atoms with Crippen LogP contribution >= 0.6 is 0 Å². The Hall–Kier alpha value is -2.10. The molecular formula is C18H22N2O2. The molecule has 1 aromatic carbocycles. The van der Waals surface area contributed by atoms with Gasteiger partial charge in [0.25, 0.3) is 0 Å². The Balaban J connectivity index is 1.98. The van der Waals surface area contributed by atoms with Crippen LogP contribution in [0, 0.1) is 6.92 Å². The van der Waals surface area contributed by atoms with Crippen molar-refractivity contribution in [2.24, 2.45) is 0 Å². The molecule has 2 aromatic rings. The molecule has 0 radical (unpaired) electrons. The van der Waals surface area contributed by atoms with E-state index in [4.69, 9.17) is 0 Å². The summed E-state index contributed by atoms with van der Waals surface area (Å²) < 4.78 is 1.99. The van der Waals surface area contributed by atoms with E-state index in [2.05, 4.69) is 0 Å². The molecule has 1 aromatic heterocycles. The summed E-state index contributed by atoms with van der Waals surface area (Å²) in [7, 11) is 0. The van der Waals surface area contributed by atoms with Crippen LogP contribution in [0.25, 0.3) is 10.9 Å². The Morgan fingerprint density at radius 3 is 2.45 bits per heavy atom. The zero-order valence-corrected chi connectivity index (χ0v) is 13.3. The molecule has 2 heterocycles. The molecule has 3 rings (SSSR count). The number of aromatic nitrogens is 1. The number of ketones is 1. The molecule has 1 saturated heterocycles. The van der Waals surface area contributed by atoms with E-state index in [1.165, 1.54) is 6.42 Å². The first-order valence-electron chi connectivity index (χ1n) is 7.96. The first kappa shape index (κ1) is 14.8. The SMILES string of the molecule is CC(=O)c1c(C)n(CC(=O)N2CCCCC2)c2ccccc12. The van der Waals surface area contributed by atoms with Crippen molar-refractivity contribution < 1.29 is 9.59 Å². The minimum atomic E-state index is 0.0536. The quantitative estimate of drug-likeness (QED) is 0.817. The summed E-state index contributed by atoms with van der Waals surface area (Å²) in [6.45, 7) is 5.55. The minimum absolute atomic E-state index is 0.0536. The fraction of sp³-hybridized carbons (Fsp3) is 0.444. The van der Waals surface area contributed by atoms with E-state index in [0.29, 0.717) is 6.54 Å². The van der Waals surface area contributed by atoms with E-state index >= 15 is 0 Å². The molecule has 4 nitrogen and oxygen atoms in total. The minimum Gasteiger partial charge on any atom is -0.341 e. The van der Waals surface area contributed by atoms with Gasteiger partial charge in [0.2, 0.25) is 5.91 Å². The van der Waals surface area contributed by atoms with Gasteiger partial charge in [0.05, 0.1) is 0 Å². The lowest BCUT2D eigenvalue weighted by Crippen LogP contribution is -2.37. The van der Waals surface area contributed by atoms with Gasteiger partial charge in [0.1, 0.15) is 6.54 Å². The van der Waals surface area contributed by atoms with Gasteiger partial charge in [-0.1, -0.05) is 18.2 Å². The molecule has 1 aliphatic rings. The fourth-order valence-corrected chi connectivity index (χ4v) is 3.46. The zero-order chi connectivity index (χ0) is 15.7. The maximum Gasteiger partial charge on any atom is 0.242 e. The predicted molar refractivity (Wildman–Crippen MR) is 87.1 cm³/mol. The van der Waals surface area contributed by atoms with Gasteiger partial charge in [-0.3, -0.25) is 9.59 Å². The van der Waals surface area contributed by atoms with Gasteiger partial charge in [0.15, 0.2) is 5.78 Å². The van der Waals surface area contributed by atoms with Gasteiger partial charge in [-0.05, 0) is 39.2 Å². The van der Waals surface area contributed by atoms with Gasteiger partial charge in [0, 0.05) is 35.2 Å². The average molecular weight is 298 g/mol. The summed E-state index contributed by atoms with van der Waals surface area (Å²) in [6.07, 6.45) is 3.40. The van der Waals surface area contributed by atoms with Crippen molar-refractivity contribution in [3.8, 4) is 0 Å². The van der Waals surface area contributed by atoms with E-state index in [0.717, 1.165) is 48.1 Å². The highest BCUT2D eigenvalue weighted by molar-refractivity contribution is 6.08. The number of likely N-dealkylation sites (tertiary alicyclic amines) is 1. The number of carbonyl (C=O) groups excluding carboxylic acids is 2. The number of para-hydroxylation sites is 1. The molecule has 1 amide bonds. The summed E-state index contributed by atoms with van der Waals surface area (Å²) in [5, 5.41) is 0.943. The number of Topliss-reactive ketones (excluding diaryl/α,β-unsaturated/α-hetero) is 1. The van der Waals surface area contributed by atoms with Crippen molar-refractivity contribution in [3.05, 3.63) is 35.5 Å². The molecule has 0 saturated carbocycles. The summed E-state index contributed by atoms with van der Waals surface area (Å²) >= 11 is 0. The lowest BCUT2D eigenvalue weighted by atomic mass is 10.1. The monoisotopic (exact) mass is 298 g/mol. The first-order valence-corrected chi connectivity index (χ1v) is 7.96. The van der Waals surface area contributed by atoms with Crippen LogP contribution in [-0.2, 0) is 11.3 Å². The first-order chi connectivity index (χ1) is 10.6. The summed E-state index contributed by atoms with van der Waals surface area (Å²) in [4.78, 5) is 26.5. The standard InChI is InChI=1S/C18H22N2O2/c1-13-18(14(2)21)15-8-4-5-9-16(15)20(13)12-17(22)19-10-6-3-7-11-19/h4-5,8-9H,3,6-7,10-12H2,1-2H3. The molecule has 1 aliphatic heterocycles. The third-order valence-corrected chi connectivity index (χ3v) is 4.59. The molecule has 0 N–H and O–H groups in total. The highest BCUT2D eigenvalue weighted by Crippen LogP contribution is 2.26. The van der Waals surface area contributed by atoms with Crippen LogP contribution in [0.15, 0.2) is 24.3 Å². The highest BCUT2D eigenvalue weighted by Gasteiger charge is 2.21. The summed E-state index contributed by atoms with van der Waals surface area (Å²) in [5.41, 5.74) is 2.59. The molecule has 116 valence electrons. The van der Waals surface area contributed by atoms with Gasteiger partial charge in [-0.15, -0.1) is 0 Å². The number of piperidine rings is 1. The third kappa shape index (κ3) is 2.54. The summed E-state index contributed by atoms with van der Waals surface area (Å²) in [6, 6.07) is 7.83. The Labute approximate surface area is 130 Å². The van der Waals surface area contributed by atoms with Gasteiger partial charge >= 0.3 is 0 Å². The smallest absolute Gasteiger partial charge is 0.242 e. The average Bonchev–Trinajstić information content (AvgIpc) is 2.81. The molecule has 0 atom stereocenters. The van der Waals surface area contributed by atoms with Crippen LogP contribution in [0.3, 0.4) is 0 Å². The van der Waals surface area contributed by atoms with Crippen molar-refractivity contribution in [1.82, 2.24) is 9.47 Å². The predicted octanol–water partition coefficient (Wildman–Crippen LogP) is 3.16. The fourth-order valence-electron chi connectivity index (χ4n) is 3.46. The largest absolute Gasteiger partial charge is 0.341 e. The third-order valence-electron chi connectivity index (χ3n) is 4.59. The van der Waals surface area contributed by atoms with Crippen LogP contribution in [-0.4, -0.2) is 34.2 Å². The second kappa shape index (κ2) is 5.95. The van der Waals surface area contributed by atoms with Crippen molar-refractivity contribution in [3.63, 3.8) is 0 Å². The van der Waals surface area contributed by atoms with Crippen LogP contribution in [0.1, 0.15) is 42.2 Å². The van der Waals surface area contributed by atoms with Crippen molar-refractivity contribution in [2.75, 3.05) is 13.1 Å². The zero-order valence-electron chi connectivity index (χ0n) is 13.3. The number of hydrogen-bond acceptors (Lipinski definition) is 2. The molecular weight excluding hydrogens is 276 g/mol. The molecule has 1 fully saturated rings. The van der Waals surface area contributed by atoms with Crippen molar-refractivity contribution in [1.29, 1.82) is 0 Å². The number of benzene rings is 1. The van der Waals surface area contributed by atoms with Crippen LogP contribution < -0.4 is 0 Å². The topological polar surface area (TPSA) is 42.3 Å². The Morgan fingerprint density at radius 1 is 1.09 bits per heavy atom. The second-order valence-electron chi connectivity index (χ2n) is 6.06. The molecule has 22 heavy (non-hydrogen) atoms. The Morgan fingerprint density at radius 2 is 1.77 bits per heavy atom. The van der Waals surface area contributed by atoms with E-state index in [-0.39, 0.29) is 11.7 Å². The number of rotatable bonds is 3. The van der Waals surface area contributed by atoms with Crippen LogP contribution in [0.4, 0.5) is 0 Å². The molecule has 0 spiro atoms. The maximum atomic E-state index is 12.6. The maximum absolute atomic E-state index is 12.6. The Kier molecular flexibility index (Phi) is 4.01. The molecule has 0 unspecified atom stereocenters. The van der Waals surface area contributed by atoms with Crippen LogP contribution in [0.5, 0.6) is 0 Å². The van der Waals surface area contributed by atoms with Crippen LogP contribution in [0.2, 0.25) is 0 Å². The van der Waals surface area contributed by atoms with Gasteiger partial charge in [-0.2, -0.15) is 0 Å². The van der Waals surface area contributed by atoms with Gasteiger partial charge in [-0.25, -0.2) is 0 Å². The lowest BCUT2D eigenvalue weighted by Gasteiger charge is -2.27. The van der Waals surface area contributed by atoms with Crippen molar-refractivity contribution >= 4 is 22.6 Å². The molecule has 4 heteroatoms. The lowest BCUT2D eigenvalue weighted by molar-refractivity contribution is -0.132. The number of nitrogens with zero attached hydrogens (tertiary/aromatic N) is 2.